The lowest BCUT2D eigenvalue weighted by atomic mass is 9.91. The van der Waals surface area contributed by atoms with Crippen LogP contribution in [0.1, 0.15) is 38.7 Å². The number of rotatable bonds is 6. The van der Waals surface area contributed by atoms with Gasteiger partial charge >= 0.3 is 0 Å². The third-order valence-corrected chi connectivity index (χ3v) is 5.93. The molecule has 1 aromatic rings. The largest absolute Gasteiger partial charge is 0.497 e. The number of nitrogens with one attached hydrogen (secondary N) is 1. The third kappa shape index (κ3) is 3.44. The highest BCUT2D eigenvalue weighted by molar-refractivity contribution is 5.83. The average Bonchev–Trinajstić information content (AvgIpc) is 3.29. The van der Waals surface area contributed by atoms with Gasteiger partial charge in [-0.05, 0) is 75.7 Å². The summed E-state index contributed by atoms with van der Waals surface area (Å²) in [5.41, 5.74) is 1.57. The van der Waals surface area contributed by atoms with Crippen molar-refractivity contribution in [1.29, 1.82) is 0 Å². The van der Waals surface area contributed by atoms with Gasteiger partial charge in [-0.2, -0.15) is 0 Å². The summed E-state index contributed by atoms with van der Waals surface area (Å²) in [7, 11) is 1.68. The zero-order chi connectivity index (χ0) is 17.2. The number of hydrogen-bond acceptors (Lipinski definition) is 3. The second-order valence-electron chi connectivity index (χ2n) is 7.39. The molecule has 1 saturated carbocycles. The van der Waals surface area contributed by atoms with Gasteiger partial charge in [0.1, 0.15) is 5.75 Å². The molecule has 1 aromatic carbocycles. The third-order valence-electron chi connectivity index (χ3n) is 5.93. The first-order valence-corrected chi connectivity index (χ1v) is 9.24. The molecule has 1 aliphatic heterocycles. The van der Waals surface area contributed by atoms with E-state index in [1.165, 1.54) is 5.56 Å². The molecule has 2 aliphatic rings. The molecule has 1 heterocycles. The van der Waals surface area contributed by atoms with Crippen LogP contribution in [0.2, 0.25) is 0 Å². The van der Waals surface area contributed by atoms with Crippen LogP contribution in [0.15, 0.2) is 24.3 Å². The number of carbonyl (C=O) groups is 1. The quantitative estimate of drug-likeness (QED) is 0.872. The van der Waals surface area contributed by atoms with Crippen LogP contribution in [-0.2, 0) is 11.2 Å². The number of likely N-dealkylation sites (N-methyl/N-ethyl adjacent to an activating group) is 1. The normalized spacial score (nSPS) is 22.9. The van der Waals surface area contributed by atoms with Gasteiger partial charge in [-0.25, -0.2) is 0 Å². The molecule has 1 saturated heterocycles. The molecule has 2 unspecified atom stereocenters. The predicted octanol–water partition coefficient (Wildman–Crippen LogP) is 2.86. The second-order valence-corrected chi connectivity index (χ2v) is 7.39. The monoisotopic (exact) mass is 330 g/mol. The summed E-state index contributed by atoms with van der Waals surface area (Å²) in [4.78, 5) is 15.1. The van der Waals surface area contributed by atoms with E-state index in [0.29, 0.717) is 11.3 Å². The van der Waals surface area contributed by atoms with Gasteiger partial charge in [0, 0.05) is 18.5 Å². The lowest BCUT2D eigenvalue weighted by Crippen LogP contribution is -2.42. The Morgan fingerprint density at radius 1 is 1.33 bits per heavy atom. The zero-order valence-electron chi connectivity index (χ0n) is 15.2. The highest BCUT2D eigenvalue weighted by Crippen LogP contribution is 2.59. The minimum atomic E-state index is 0.232. The molecule has 0 radical (unpaired) electrons. The first kappa shape index (κ1) is 17.3. The lowest BCUT2D eigenvalue weighted by molar-refractivity contribution is -0.135. The summed E-state index contributed by atoms with van der Waals surface area (Å²) in [5.74, 6) is 1.51. The summed E-state index contributed by atoms with van der Waals surface area (Å²) in [6, 6.07) is 8.41. The first-order chi connectivity index (χ1) is 11.6. The Balaban J connectivity index is 1.61. The number of methoxy groups -OCH3 is 1. The van der Waals surface area contributed by atoms with Crippen molar-refractivity contribution in [3.05, 3.63) is 29.8 Å². The summed E-state index contributed by atoms with van der Waals surface area (Å²) >= 11 is 0. The van der Waals surface area contributed by atoms with E-state index < -0.39 is 0 Å². The standard InChI is InChI=1S/C20H30N2O2/c1-4-22(15(2)13-16-5-7-17(24-3)8-6-16)19(23)18-14-20(18)9-11-21-12-10-20/h5-8,15,18,21H,4,9-14H2,1-3H3. The lowest BCUT2D eigenvalue weighted by Gasteiger charge is -2.30. The van der Waals surface area contributed by atoms with Crippen LogP contribution < -0.4 is 10.1 Å². The van der Waals surface area contributed by atoms with Crippen LogP contribution in [0.25, 0.3) is 0 Å². The van der Waals surface area contributed by atoms with Gasteiger partial charge in [0.05, 0.1) is 7.11 Å². The number of nitrogens with zero attached hydrogens (tertiary/aromatic N) is 1. The molecule has 3 rings (SSSR count). The van der Waals surface area contributed by atoms with E-state index in [1.807, 2.05) is 12.1 Å². The van der Waals surface area contributed by atoms with Gasteiger partial charge in [0.15, 0.2) is 0 Å². The van der Waals surface area contributed by atoms with Crippen molar-refractivity contribution in [3.8, 4) is 5.75 Å². The Morgan fingerprint density at radius 2 is 2.00 bits per heavy atom. The molecule has 1 spiro atoms. The SMILES string of the molecule is CCN(C(=O)C1CC12CCNCC2)C(C)Cc1ccc(OC)cc1. The van der Waals surface area contributed by atoms with E-state index in [0.717, 1.165) is 51.1 Å². The van der Waals surface area contributed by atoms with Crippen molar-refractivity contribution in [2.75, 3.05) is 26.7 Å². The fraction of sp³-hybridized carbons (Fsp3) is 0.650. The molecule has 1 aliphatic carbocycles. The van der Waals surface area contributed by atoms with Crippen LogP contribution in [0.5, 0.6) is 5.75 Å². The van der Waals surface area contributed by atoms with Gasteiger partial charge in [0.2, 0.25) is 5.91 Å². The molecule has 0 aromatic heterocycles. The van der Waals surface area contributed by atoms with Crippen molar-refractivity contribution in [2.45, 2.75) is 45.6 Å². The molecular weight excluding hydrogens is 300 g/mol. The van der Waals surface area contributed by atoms with Gasteiger partial charge < -0.3 is 15.0 Å². The molecule has 2 atom stereocenters. The van der Waals surface area contributed by atoms with E-state index in [9.17, 15) is 4.79 Å². The maximum absolute atomic E-state index is 13.0. The van der Waals surface area contributed by atoms with Gasteiger partial charge in [-0.3, -0.25) is 4.79 Å². The smallest absolute Gasteiger partial charge is 0.226 e. The molecular formula is C20H30N2O2. The summed E-state index contributed by atoms with van der Waals surface area (Å²) in [5, 5.41) is 3.41. The molecule has 132 valence electrons. The van der Waals surface area contributed by atoms with Gasteiger partial charge in [-0.1, -0.05) is 12.1 Å². The van der Waals surface area contributed by atoms with Crippen molar-refractivity contribution >= 4 is 5.91 Å². The van der Waals surface area contributed by atoms with Crippen LogP contribution in [0.4, 0.5) is 0 Å². The maximum Gasteiger partial charge on any atom is 0.226 e. The number of benzene rings is 1. The molecule has 4 nitrogen and oxygen atoms in total. The molecule has 2 fully saturated rings. The molecule has 1 N–H and O–H groups in total. The number of ether oxygens (including phenoxy) is 1. The highest BCUT2D eigenvalue weighted by Gasteiger charge is 2.58. The van der Waals surface area contributed by atoms with Gasteiger partial charge in [0.25, 0.3) is 0 Å². The first-order valence-electron chi connectivity index (χ1n) is 9.24. The van der Waals surface area contributed by atoms with E-state index in [4.69, 9.17) is 4.74 Å². The number of hydrogen-bond donors (Lipinski definition) is 1. The Kier molecular flexibility index (Phi) is 5.14. The molecule has 24 heavy (non-hydrogen) atoms. The fourth-order valence-corrected chi connectivity index (χ4v) is 4.27. The predicted molar refractivity (Wildman–Crippen MR) is 96.2 cm³/mol. The van der Waals surface area contributed by atoms with E-state index >= 15 is 0 Å². The number of carbonyl (C=O) groups excluding carboxylic acids is 1. The minimum absolute atomic E-state index is 0.232. The molecule has 1 amide bonds. The maximum atomic E-state index is 13.0. The second kappa shape index (κ2) is 7.14. The van der Waals surface area contributed by atoms with Crippen molar-refractivity contribution in [2.24, 2.45) is 11.3 Å². The minimum Gasteiger partial charge on any atom is -0.497 e. The summed E-state index contributed by atoms with van der Waals surface area (Å²) in [6.45, 7) is 7.19. The van der Waals surface area contributed by atoms with E-state index in [1.54, 1.807) is 7.11 Å². The Labute approximate surface area is 145 Å². The van der Waals surface area contributed by atoms with Crippen LogP contribution in [-0.4, -0.2) is 43.6 Å². The molecule has 0 bridgehead atoms. The van der Waals surface area contributed by atoms with Crippen molar-refractivity contribution in [3.63, 3.8) is 0 Å². The Hall–Kier alpha value is -1.55. The Morgan fingerprint density at radius 3 is 2.58 bits per heavy atom. The van der Waals surface area contributed by atoms with Gasteiger partial charge in [-0.15, -0.1) is 0 Å². The Bertz CT molecular complexity index is 564. The van der Waals surface area contributed by atoms with Crippen molar-refractivity contribution < 1.29 is 9.53 Å². The van der Waals surface area contributed by atoms with Crippen molar-refractivity contribution in [1.82, 2.24) is 10.2 Å². The average molecular weight is 330 g/mol. The summed E-state index contributed by atoms with van der Waals surface area (Å²) in [6.07, 6.45) is 4.31. The molecule has 4 heteroatoms. The summed E-state index contributed by atoms with van der Waals surface area (Å²) < 4.78 is 5.21. The topological polar surface area (TPSA) is 41.6 Å². The van der Waals surface area contributed by atoms with E-state index in [2.05, 4.69) is 36.2 Å². The van der Waals surface area contributed by atoms with Crippen LogP contribution in [0, 0.1) is 11.3 Å². The van der Waals surface area contributed by atoms with Crippen LogP contribution >= 0.6 is 0 Å². The van der Waals surface area contributed by atoms with E-state index in [-0.39, 0.29) is 12.0 Å². The van der Waals surface area contributed by atoms with Crippen LogP contribution in [0.3, 0.4) is 0 Å². The number of amides is 1. The highest BCUT2D eigenvalue weighted by atomic mass is 16.5. The zero-order valence-corrected chi connectivity index (χ0v) is 15.2. The fourth-order valence-electron chi connectivity index (χ4n) is 4.27. The number of piperidine rings is 1.